The van der Waals surface area contributed by atoms with E-state index in [2.05, 4.69) is 31.4 Å². The molecule has 110 valence electrons. The topological polar surface area (TPSA) is 58.2 Å². The molecule has 1 aromatic carbocycles. The molecule has 4 nitrogen and oxygen atoms in total. The van der Waals surface area contributed by atoms with E-state index >= 15 is 0 Å². The molecule has 2 N–H and O–H groups in total. The maximum absolute atomic E-state index is 11.7. The van der Waals surface area contributed by atoms with Crippen molar-refractivity contribution in [2.75, 3.05) is 5.32 Å². The van der Waals surface area contributed by atoms with Crippen molar-refractivity contribution < 1.29 is 9.59 Å². The first-order valence-electron chi connectivity index (χ1n) is 6.73. The van der Waals surface area contributed by atoms with Gasteiger partial charge in [-0.2, -0.15) is 0 Å². The number of hydrogen-bond donors (Lipinski definition) is 2. The van der Waals surface area contributed by atoms with Gasteiger partial charge in [-0.25, -0.2) is 0 Å². The Hall–Kier alpha value is -1.84. The minimum Gasteiger partial charge on any atom is -0.343 e. The molecule has 0 atom stereocenters. The van der Waals surface area contributed by atoms with Crippen LogP contribution >= 0.6 is 0 Å². The zero-order valence-corrected chi connectivity index (χ0v) is 13.1. The molecule has 0 bridgehead atoms. The molecule has 0 aliphatic heterocycles. The summed E-state index contributed by atoms with van der Waals surface area (Å²) in [5.41, 5.74) is 1.43. The van der Waals surface area contributed by atoms with Gasteiger partial charge in [-0.05, 0) is 43.9 Å². The van der Waals surface area contributed by atoms with Crippen LogP contribution in [0.2, 0.25) is 0 Å². The van der Waals surface area contributed by atoms with E-state index in [1.54, 1.807) is 0 Å². The van der Waals surface area contributed by atoms with E-state index in [0.717, 1.165) is 0 Å². The maximum atomic E-state index is 11.7. The van der Waals surface area contributed by atoms with Crippen molar-refractivity contribution in [3.8, 4) is 0 Å². The highest BCUT2D eigenvalue weighted by Gasteiger charge is 2.20. The summed E-state index contributed by atoms with van der Waals surface area (Å²) >= 11 is 0. The number of carbonyl (C=O) groups excluding carboxylic acids is 2. The highest BCUT2D eigenvalue weighted by molar-refractivity contribution is 6.39. The van der Waals surface area contributed by atoms with Gasteiger partial charge >= 0.3 is 11.8 Å². The van der Waals surface area contributed by atoms with Crippen molar-refractivity contribution >= 4 is 17.5 Å². The summed E-state index contributed by atoms with van der Waals surface area (Å²) in [5.74, 6) is -1.28. The third-order valence-electron chi connectivity index (χ3n) is 2.70. The molecule has 1 rings (SSSR count). The lowest BCUT2D eigenvalue weighted by molar-refractivity contribution is -0.137. The van der Waals surface area contributed by atoms with Gasteiger partial charge in [-0.15, -0.1) is 0 Å². The molecule has 0 radical (unpaired) electrons. The van der Waals surface area contributed by atoms with Crippen LogP contribution in [-0.4, -0.2) is 17.4 Å². The summed E-state index contributed by atoms with van der Waals surface area (Å²) in [5, 5.41) is 5.22. The Bertz CT molecular complexity index is 491. The molecule has 0 aliphatic carbocycles. The fraction of sp³-hybridized carbons (Fsp3) is 0.500. The van der Waals surface area contributed by atoms with Crippen LogP contribution < -0.4 is 10.6 Å². The minimum atomic E-state index is -0.650. The van der Waals surface area contributed by atoms with Crippen LogP contribution in [0.1, 0.15) is 47.1 Å². The minimum absolute atomic E-state index is 0.0617. The van der Waals surface area contributed by atoms with Crippen LogP contribution in [0.4, 0.5) is 5.69 Å². The first-order valence-corrected chi connectivity index (χ1v) is 6.73. The van der Waals surface area contributed by atoms with E-state index in [1.807, 2.05) is 45.0 Å². The van der Waals surface area contributed by atoms with Crippen LogP contribution in [0.3, 0.4) is 0 Å². The predicted molar refractivity (Wildman–Crippen MR) is 81.7 cm³/mol. The number of carbonyl (C=O) groups is 2. The fourth-order valence-corrected chi connectivity index (χ4v) is 1.64. The quantitative estimate of drug-likeness (QED) is 0.775. The largest absolute Gasteiger partial charge is 0.343 e. The normalized spacial score (nSPS) is 11.9. The number of benzene rings is 1. The highest BCUT2D eigenvalue weighted by Crippen LogP contribution is 2.23. The molecular formula is C16H24N2O2. The van der Waals surface area contributed by atoms with Crippen molar-refractivity contribution in [2.45, 2.75) is 52.5 Å². The molecule has 1 aromatic rings. The summed E-state index contributed by atoms with van der Waals surface area (Å²) in [7, 11) is 0. The molecule has 20 heavy (non-hydrogen) atoms. The van der Waals surface area contributed by atoms with Crippen LogP contribution in [0.15, 0.2) is 24.3 Å². The Morgan fingerprint density at radius 1 is 0.850 bits per heavy atom. The zero-order valence-electron chi connectivity index (χ0n) is 13.1. The summed E-state index contributed by atoms with van der Waals surface area (Å²) in [4.78, 5) is 23.4. The van der Waals surface area contributed by atoms with Gasteiger partial charge in [0.15, 0.2) is 0 Å². The average Bonchev–Trinajstić information content (AvgIpc) is 2.26. The summed E-state index contributed by atoms with van der Waals surface area (Å²) in [6.45, 7) is 11.9. The highest BCUT2D eigenvalue weighted by atomic mass is 16.2. The van der Waals surface area contributed by atoms with Crippen LogP contribution in [0.25, 0.3) is 0 Å². The van der Waals surface area contributed by atoms with Crippen molar-refractivity contribution in [3.63, 3.8) is 0 Å². The molecule has 0 spiro atoms. The molecule has 0 heterocycles. The third kappa shape index (κ3) is 5.03. The second-order valence-electron chi connectivity index (χ2n) is 6.99. The van der Waals surface area contributed by atoms with Gasteiger partial charge in [0.2, 0.25) is 0 Å². The lowest BCUT2D eigenvalue weighted by Gasteiger charge is -2.20. The second-order valence-corrected chi connectivity index (χ2v) is 6.99. The number of amides is 2. The Labute approximate surface area is 121 Å². The lowest BCUT2D eigenvalue weighted by atomic mass is 9.87. The van der Waals surface area contributed by atoms with Crippen LogP contribution in [0, 0.1) is 0 Å². The predicted octanol–water partition coefficient (Wildman–Crippen LogP) is 2.84. The molecule has 0 unspecified atom stereocenters. The van der Waals surface area contributed by atoms with Crippen molar-refractivity contribution in [1.82, 2.24) is 5.32 Å². The third-order valence-corrected chi connectivity index (χ3v) is 2.70. The standard InChI is InChI=1S/C16H24N2O2/c1-15(2,3)11-7-9-12(10-8-11)17-13(19)14(20)18-16(4,5)6/h7-10H,1-6H3,(H,17,19)(H,18,20). The van der Waals surface area contributed by atoms with Crippen LogP contribution in [0.5, 0.6) is 0 Å². The second kappa shape index (κ2) is 5.65. The fourth-order valence-electron chi connectivity index (χ4n) is 1.64. The van der Waals surface area contributed by atoms with Gasteiger partial charge < -0.3 is 10.6 Å². The Morgan fingerprint density at radius 3 is 1.75 bits per heavy atom. The lowest BCUT2D eigenvalue weighted by Crippen LogP contribution is -2.46. The zero-order chi connectivity index (χ0) is 15.6. The average molecular weight is 276 g/mol. The number of nitrogens with one attached hydrogen (secondary N) is 2. The maximum Gasteiger partial charge on any atom is 0.313 e. The molecule has 0 fully saturated rings. The Balaban J connectivity index is 2.70. The van der Waals surface area contributed by atoms with Crippen LogP contribution in [-0.2, 0) is 15.0 Å². The smallest absolute Gasteiger partial charge is 0.313 e. The molecule has 0 aromatic heterocycles. The van der Waals surface area contributed by atoms with E-state index in [1.165, 1.54) is 5.56 Å². The van der Waals surface area contributed by atoms with Gasteiger partial charge in [-0.1, -0.05) is 32.9 Å². The summed E-state index contributed by atoms with van der Waals surface area (Å²) in [6, 6.07) is 7.53. The molecule has 4 heteroatoms. The van der Waals surface area contributed by atoms with Gasteiger partial charge in [0.1, 0.15) is 0 Å². The summed E-state index contributed by atoms with van der Waals surface area (Å²) in [6.07, 6.45) is 0. The van der Waals surface area contributed by atoms with Crippen molar-refractivity contribution in [2.24, 2.45) is 0 Å². The van der Waals surface area contributed by atoms with Crippen molar-refractivity contribution in [1.29, 1.82) is 0 Å². The van der Waals surface area contributed by atoms with E-state index in [0.29, 0.717) is 5.69 Å². The SMILES string of the molecule is CC(C)(C)NC(=O)C(=O)Nc1ccc(C(C)(C)C)cc1. The molecule has 0 saturated carbocycles. The van der Waals surface area contributed by atoms with E-state index < -0.39 is 17.4 Å². The van der Waals surface area contributed by atoms with E-state index in [4.69, 9.17) is 0 Å². The first kappa shape index (κ1) is 16.2. The van der Waals surface area contributed by atoms with E-state index in [9.17, 15) is 9.59 Å². The van der Waals surface area contributed by atoms with Gasteiger partial charge in [0, 0.05) is 11.2 Å². The monoisotopic (exact) mass is 276 g/mol. The van der Waals surface area contributed by atoms with Gasteiger partial charge in [-0.3, -0.25) is 9.59 Å². The van der Waals surface area contributed by atoms with Gasteiger partial charge in [0.25, 0.3) is 0 Å². The molecular weight excluding hydrogens is 252 g/mol. The van der Waals surface area contributed by atoms with Crippen molar-refractivity contribution in [3.05, 3.63) is 29.8 Å². The number of rotatable bonds is 1. The molecule has 2 amide bonds. The Kier molecular flexibility index (Phi) is 4.58. The van der Waals surface area contributed by atoms with E-state index in [-0.39, 0.29) is 5.41 Å². The number of hydrogen-bond acceptors (Lipinski definition) is 2. The van der Waals surface area contributed by atoms with Gasteiger partial charge in [0.05, 0.1) is 0 Å². The first-order chi connectivity index (χ1) is 8.99. The molecule has 0 aliphatic rings. The number of anilines is 1. The summed E-state index contributed by atoms with van der Waals surface area (Å²) < 4.78 is 0. The molecule has 0 saturated heterocycles. The Morgan fingerprint density at radius 2 is 1.35 bits per heavy atom.